The number of rotatable bonds is 19. The smallest absolute Gasteiger partial charge is 0.239 e. The Morgan fingerprint density at radius 2 is 0.871 bits per heavy atom. The molecule has 0 spiro atoms. The molecule has 0 unspecified atom stereocenters. The van der Waals surface area contributed by atoms with Crippen LogP contribution in [0.1, 0.15) is 11.1 Å². The fourth-order valence-corrected chi connectivity index (χ4v) is 7.74. The monoisotopic (exact) mass is 944 g/mol. The lowest BCUT2D eigenvalue weighted by Gasteiger charge is -2.34. The van der Waals surface area contributed by atoms with Crippen LogP contribution in [0.25, 0.3) is 28.9 Å². The highest BCUT2D eigenvalue weighted by Crippen LogP contribution is 2.22. The summed E-state index contributed by atoms with van der Waals surface area (Å²) in [4.78, 5) is 74.9. The van der Waals surface area contributed by atoms with E-state index in [4.69, 9.17) is 11.5 Å². The third kappa shape index (κ3) is 16.7. The van der Waals surface area contributed by atoms with Crippen LogP contribution in [-0.4, -0.2) is 148 Å². The summed E-state index contributed by atoms with van der Waals surface area (Å²) in [5, 5.41) is 11.5. The molecule has 0 saturated carbocycles. The van der Waals surface area contributed by atoms with E-state index >= 15 is 0 Å². The van der Waals surface area contributed by atoms with Crippen molar-refractivity contribution in [3.63, 3.8) is 0 Å². The van der Waals surface area contributed by atoms with E-state index in [1.54, 1.807) is 12.1 Å². The van der Waals surface area contributed by atoms with E-state index in [0.717, 1.165) is 76.6 Å². The van der Waals surface area contributed by atoms with Gasteiger partial charge in [0.25, 0.3) is 0 Å². The van der Waals surface area contributed by atoms with E-state index in [2.05, 4.69) is 109 Å². The van der Waals surface area contributed by atoms with Gasteiger partial charge in [0.15, 0.2) is 11.6 Å². The van der Waals surface area contributed by atoms with Gasteiger partial charge in [0, 0.05) is 88.7 Å². The minimum absolute atomic E-state index is 0.0636. The van der Waals surface area contributed by atoms with Gasteiger partial charge >= 0.3 is 0 Å². The molecule has 4 heterocycles. The van der Waals surface area contributed by atoms with Gasteiger partial charge in [-0.05, 0) is 11.1 Å². The van der Waals surface area contributed by atoms with Crippen molar-refractivity contribution in [3.05, 3.63) is 151 Å². The van der Waals surface area contributed by atoms with Crippen LogP contribution in [0, 0.1) is 0 Å². The Bertz CT molecular complexity index is 2640. The first-order chi connectivity index (χ1) is 34.1. The van der Waals surface area contributed by atoms with Gasteiger partial charge in [0.2, 0.25) is 23.6 Å². The average Bonchev–Trinajstić information content (AvgIpc) is 3.37. The van der Waals surface area contributed by atoms with E-state index in [0.29, 0.717) is 34.9 Å². The van der Waals surface area contributed by atoms with Crippen LogP contribution in [0.4, 0.5) is 23.3 Å². The van der Waals surface area contributed by atoms with E-state index in [1.165, 1.54) is 11.1 Å². The van der Waals surface area contributed by atoms with Crippen molar-refractivity contribution in [3.8, 4) is 22.8 Å². The van der Waals surface area contributed by atoms with Gasteiger partial charge in [-0.15, -0.1) is 0 Å². The summed E-state index contributed by atoms with van der Waals surface area (Å²) >= 11 is 0. The SMILES string of the molecule is NC(=O)CNc1cc(NC(=O)CN2CCN(C/C=C/c3ccccc3)CC2)nc(-c2ccccc2)n1.NC(=O)CNc1cc(NC(=O)CN2CCN(Cc3ccccc3)CC2)nc(-c2ccccc2)n1. The number of primary amides is 2. The number of piperazine rings is 2. The van der Waals surface area contributed by atoms with Crippen LogP contribution in [0.2, 0.25) is 0 Å². The van der Waals surface area contributed by atoms with Gasteiger partial charge in [-0.1, -0.05) is 133 Å². The summed E-state index contributed by atoms with van der Waals surface area (Å²) in [7, 11) is 0. The summed E-state index contributed by atoms with van der Waals surface area (Å²) < 4.78 is 0. The predicted molar refractivity (Wildman–Crippen MR) is 274 cm³/mol. The molecule has 0 aliphatic carbocycles. The van der Waals surface area contributed by atoms with Crippen molar-refractivity contribution >= 4 is 53.0 Å². The predicted octanol–water partition coefficient (Wildman–Crippen LogP) is 4.11. The summed E-state index contributed by atoms with van der Waals surface area (Å²) in [6.07, 6.45) is 4.32. The number of aromatic nitrogens is 4. The van der Waals surface area contributed by atoms with Crippen LogP contribution in [0.3, 0.4) is 0 Å². The number of benzene rings is 4. The highest BCUT2D eigenvalue weighted by molar-refractivity contribution is 5.93. The molecular formula is C52H60N14O4. The molecule has 6 aromatic rings. The fraction of sp³-hybridized carbons (Fsp3) is 0.269. The van der Waals surface area contributed by atoms with Gasteiger partial charge in [0.1, 0.15) is 23.3 Å². The van der Waals surface area contributed by atoms with Crippen molar-refractivity contribution in [2.45, 2.75) is 6.54 Å². The second-order valence-corrected chi connectivity index (χ2v) is 16.8. The number of anilines is 4. The topological polar surface area (TPSA) is 233 Å². The second-order valence-electron chi connectivity index (χ2n) is 16.8. The minimum atomic E-state index is -0.504. The van der Waals surface area contributed by atoms with Crippen molar-refractivity contribution in [2.24, 2.45) is 11.5 Å². The molecule has 4 aromatic carbocycles. The Morgan fingerprint density at radius 1 is 0.486 bits per heavy atom. The molecule has 2 aliphatic heterocycles. The first-order valence-corrected chi connectivity index (χ1v) is 23.3. The minimum Gasteiger partial charge on any atom is -0.368 e. The maximum atomic E-state index is 12.8. The van der Waals surface area contributed by atoms with Crippen LogP contribution < -0.4 is 32.7 Å². The zero-order chi connectivity index (χ0) is 48.9. The normalized spacial score (nSPS) is 14.5. The molecule has 362 valence electrons. The van der Waals surface area contributed by atoms with Crippen LogP contribution in [0.15, 0.2) is 140 Å². The molecule has 8 rings (SSSR count). The number of nitrogens with two attached hydrogens (primary N) is 2. The highest BCUT2D eigenvalue weighted by atomic mass is 16.2. The highest BCUT2D eigenvalue weighted by Gasteiger charge is 2.21. The Hall–Kier alpha value is -7.90. The Balaban J connectivity index is 0.000000207. The third-order valence-electron chi connectivity index (χ3n) is 11.3. The number of nitrogens with zero attached hydrogens (tertiary/aromatic N) is 8. The van der Waals surface area contributed by atoms with Gasteiger partial charge in [-0.2, -0.15) is 0 Å². The summed E-state index contributed by atoms with van der Waals surface area (Å²) in [6, 6.07) is 42.8. The zero-order valence-corrected chi connectivity index (χ0v) is 39.1. The Labute approximate surface area is 408 Å². The molecule has 2 aromatic heterocycles. The molecule has 0 atom stereocenters. The van der Waals surface area contributed by atoms with Crippen molar-refractivity contribution < 1.29 is 19.2 Å². The number of carbonyl (C=O) groups excluding carboxylic acids is 4. The van der Waals surface area contributed by atoms with Crippen LogP contribution in [0.5, 0.6) is 0 Å². The lowest BCUT2D eigenvalue weighted by Crippen LogP contribution is -2.48. The largest absolute Gasteiger partial charge is 0.368 e. The molecule has 18 nitrogen and oxygen atoms in total. The number of nitrogens with one attached hydrogen (secondary N) is 4. The molecule has 2 aliphatic rings. The molecule has 4 amide bonds. The number of hydrogen-bond donors (Lipinski definition) is 6. The molecular weight excluding hydrogens is 885 g/mol. The van der Waals surface area contributed by atoms with Gasteiger partial charge in [0.05, 0.1) is 26.2 Å². The van der Waals surface area contributed by atoms with E-state index in [1.807, 2.05) is 84.9 Å². The summed E-state index contributed by atoms with van der Waals surface area (Å²) in [5.74, 6) is 1.15. The van der Waals surface area contributed by atoms with Crippen molar-refractivity contribution in [1.82, 2.24) is 39.5 Å². The van der Waals surface area contributed by atoms with Crippen molar-refractivity contribution in [1.29, 1.82) is 0 Å². The number of carbonyl (C=O) groups is 4. The van der Waals surface area contributed by atoms with Crippen LogP contribution in [-0.2, 0) is 25.7 Å². The third-order valence-corrected chi connectivity index (χ3v) is 11.3. The van der Waals surface area contributed by atoms with Crippen molar-refractivity contribution in [2.75, 3.05) is 106 Å². The van der Waals surface area contributed by atoms with Gasteiger partial charge < -0.3 is 32.7 Å². The molecule has 0 bridgehead atoms. The maximum Gasteiger partial charge on any atom is 0.239 e. The molecule has 2 fully saturated rings. The zero-order valence-electron chi connectivity index (χ0n) is 39.1. The van der Waals surface area contributed by atoms with Gasteiger partial charge in [-0.3, -0.25) is 38.8 Å². The Kier molecular flexibility index (Phi) is 18.6. The summed E-state index contributed by atoms with van der Waals surface area (Å²) in [5.41, 5.74) is 14.6. The molecule has 2 saturated heterocycles. The number of hydrogen-bond acceptors (Lipinski definition) is 14. The average molecular weight is 945 g/mol. The lowest BCUT2D eigenvalue weighted by molar-refractivity contribution is -0.118. The van der Waals surface area contributed by atoms with E-state index in [-0.39, 0.29) is 38.0 Å². The Morgan fingerprint density at radius 3 is 1.31 bits per heavy atom. The number of amides is 4. The fourth-order valence-electron chi connectivity index (χ4n) is 7.74. The first kappa shape index (κ1) is 50.0. The van der Waals surface area contributed by atoms with E-state index < -0.39 is 11.8 Å². The standard InChI is InChI=1S/C27H31N7O2.C25H29N7O2/c28-23(35)19-29-24-18-25(32-27(31-24)22-11-5-2-6-12-22)30-26(36)20-34-16-14-33(15-17-34)13-7-10-21-8-3-1-4-9-21;26-21(33)16-27-22-15-23(30-25(29-22)20-9-5-2-6-10-20)28-24(34)18-32-13-11-31(12-14-32)17-19-7-3-1-4-8-19/h1-12,18H,13-17,19-20H2,(H2,28,35)(H2,29,30,31,32,36);1-10,15H,11-14,16-18H2,(H2,26,33)(H2,27,28,29,30,34)/b10-7+;. The lowest BCUT2D eigenvalue weighted by atomic mass is 10.2. The quantitative estimate of drug-likeness (QED) is 0.0672. The first-order valence-electron chi connectivity index (χ1n) is 23.3. The van der Waals surface area contributed by atoms with Crippen LogP contribution >= 0.6 is 0 Å². The van der Waals surface area contributed by atoms with E-state index in [9.17, 15) is 19.2 Å². The molecule has 8 N–H and O–H groups in total. The maximum absolute atomic E-state index is 12.8. The summed E-state index contributed by atoms with van der Waals surface area (Å²) in [6.45, 7) is 9.15. The van der Waals surface area contributed by atoms with Gasteiger partial charge in [-0.25, -0.2) is 19.9 Å². The molecule has 18 heteroatoms. The second kappa shape index (κ2) is 26.0. The molecule has 70 heavy (non-hydrogen) atoms. The molecule has 0 radical (unpaired) electrons.